The van der Waals surface area contributed by atoms with Gasteiger partial charge in [0.1, 0.15) is 10.9 Å². The number of methoxy groups -OCH3 is 1. The lowest BCUT2D eigenvalue weighted by Gasteiger charge is -2.11. The van der Waals surface area contributed by atoms with E-state index >= 15 is 0 Å². The molecule has 0 radical (unpaired) electrons. The Kier molecular flexibility index (Phi) is 5.46. The van der Waals surface area contributed by atoms with E-state index in [1.165, 1.54) is 0 Å². The smallest absolute Gasteiger partial charge is 0.165 e. The third-order valence-electron chi connectivity index (χ3n) is 4.07. The van der Waals surface area contributed by atoms with Gasteiger partial charge in [-0.05, 0) is 38.1 Å². The van der Waals surface area contributed by atoms with Crippen LogP contribution in [0.5, 0.6) is 5.75 Å². The Labute approximate surface area is 163 Å². The first kappa shape index (κ1) is 18.9. The standard InChI is InChI=1S/C18H16ClN5O.C2H6/c1-11-9-16(19)24-18(21-11)17(12(2)22-24)14-6-5-13(10-15(14)25-3)23-8-4-7-20-23;1-2/h4-10H,1-3H3;1-2H3. The second kappa shape index (κ2) is 7.80. The van der Waals surface area contributed by atoms with Gasteiger partial charge in [0, 0.05) is 29.7 Å². The van der Waals surface area contributed by atoms with Crippen molar-refractivity contribution in [3.8, 4) is 22.6 Å². The highest BCUT2D eigenvalue weighted by molar-refractivity contribution is 6.29. The number of aromatic nitrogens is 5. The summed E-state index contributed by atoms with van der Waals surface area (Å²) >= 11 is 6.32. The van der Waals surface area contributed by atoms with Crippen LogP contribution in [0.1, 0.15) is 25.2 Å². The van der Waals surface area contributed by atoms with Crippen LogP contribution < -0.4 is 4.74 Å². The fourth-order valence-electron chi connectivity index (χ4n) is 2.97. The highest BCUT2D eigenvalue weighted by atomic mass is 35.5. The van der Waals surface area contributed by atoms with Gasteiger partial charge < -0.3 is 4.74 Å². The van der Waals surface area contributed by atoms with Gasteiger partial charge in [-0.1, -0.05) is 25.4 Å². The molecule has 0 aliphatic rings. The molecule has 140 valence electrons. The Morgan fingerprint density at radius 1 is 1.11 bits per heavy atom. The Balaban J connectivity index is 0.00000102. The molecule has 0 atom stereocenters. The molecule has 3 aromatic heterocycles. The molecule has 0 saturated heterocycles. The average Bonchev–Trinajstić information content (AvgIpc) is 3.31. The van der Waals surface area contributed by atoms with Gasteiger partial charge in [0.2, 0.25) is 0 Å². The topological polar surface area (TPSA) is 57.2 Å². The second-order valence-corrected chi connectivity index (χ2v) is 6.14. The Morgan fingerprint density at radius 3 is 2.56 bits per heavy atom. The van der Waals surface area contributed by atoms with E-state index in [2.05, 4.69) is 15.2 Å². The van der Waals surface area contributed by atoms with E-state index in [1.54, 1.807) is 28.6 Å². The molecule has 0 spiro atoms. The zero-order valence-corrected chi connectivity index (χ0v) is 16.8. The molecule has 0 bridgehead atoms. The molecule has 0 unspecified atom stereocenters. The number of aryl methyl sites for hydroxylation is 2. The summed E-state index contributed by atoms with van der Waals surface area (Å²) in [6, 6.07) is 9.61. The Hall–Kier alpha value is -2.86. The van der Waals surface area contributed by atoms with Gasteiger partial charge in [0.25, 0.3) is 0 Å². The van der Waals surface area contributed by atoms with E-state index in [-0.39, 0.29) is 0 Å². The van der Waals surface area contributed by atoms with E-state index in [0.717, 1.165) is 34.0 Å². The zero-order chi connectivity index (χ0) is 19.6. The first-order valence-corrected chi connectivity index (χ1v) is 9.17. The molecule has 0 aliphatic heterocycles. The van der Waals surface area contributed by atoms with Crippen LogP contribution in [-0.2, 0) is 0 Å². The van der Waals surface area contributed by atoms with Gasteiger partial charge in [-0.2, -0.15) is 10.2 Å². The molecule has 0 saturated carbocycles. The molecule has 3 heterocycles. The lowest BCUT2D eigenvalue weighted by molar-refractivity contribution is 0.416. The number of fused-ring (bicyclic) bond motifs is 1. The molecule has 1 aromatic carbocycles. The van der Waals surface area contributed by atoms with Crippen molar-refractivity contribution in [3.63, 3.8) is 0 Å². The van der Waals surface area contributed by atoms with Gasteiger partial charge in [-0.15, -0.1) is 0 Å². The number of ether oxygens (including phenoxy) is 1. The van der Waals surface area contributed by atoms with Gasteiger partial charge in [-0.3, -0.25) is 0 Å². The predicted molar refractivity (Wildman–Crippen MR) is 108 cm³/mol. The monoisotopic (exact) mass is 383 g/mol. The number of halogens is 1. The van der Waals surface area contributed by atoms with Gasteiger partial charge in [0.15, 0.2) is 5.65 Å². The van der Waals surface area contributed by atoms with Gasteiger partial charge in [-0.25, -0.2) is 14.2 Å². The maximum absolute atomic E-state index is 6.32. The zero-order valence-electron chi connectivity index (χ0n) is 16.1. The SMILES string of the molecule is CC.COc1cc(-n2cccn2)ccc1-c1c(C)nn2c(Cl)cc(C)nc12. The summed E-state index contributed by atoms with van der Waals surface area (Å²) in [6.45, 7) is 7.85. The van der Waals surface area contributed by atoms with E-state index in [0.29, 0.717) is 10.8 Å². The second-order valence-electron chi connectivity index (χ2n) is 5.75. The number of benzene rings is 1. The Bertz CT molecular complexity index is 1070. The number of nitrogens with zero attached hydrogens (tertiary/aromatic N) is 5. The summed E-state index contributed by atoms with van der Waals surface area (Å²) in [5, 5.41) is 9.32. The van der Waals surface area contributed by atoms with Crippen molar-refractivity contribution < 1.29 is 4.74 Å². The van der Waals surface area contributed by atoms with Crippen molar-refractivity contribution in [1.82, 2.24) is 24.4 Å². The van der Waals surface area contributed by atoms with Crippen molar-refractivity contribution in [2.45, 2.75) is 27.7 Å². The molecule has 4 aromatic rings. The largest absolute Gasteiger partial charge is 0.496 e. The molecule has 27 heavy (non-hydrogen) atoms. The lowest BCUT2D eigenvalue weighted by Crippen LogP contribution is -1.97. The van der Waals surface area contributed by atoms with Crippen LogP contribution in [0.3, 0.4) is 0 Å². The number of hydrogen-bond donors (Lipinski definition) is 0. The van der Waals surface area contributed by atoms with Crippen molar-refractivity contribution in [2.24, 2.45) is 0 Å². The van der Waals surface area contributed by atoms with Crippen molar-refractivity contribution in [1.29, 1.82) is 0 Å². The summed E-state index contributed by atoms with van der Waals surface area (Å²) in [5.74, 6) is 0.727. The molecule has 0 fully saturated rings. The van der Waals surface area contributed by atoms with Crippen LogP contribution in [0.15, 0.2) is 42.7 Å². The van der Waals surface area contributed by atoms with Crippen molar-refractivity contribution >= 4 is 17.2 Å². The highest BCUT2D eigenvalue weighted by Gasteiger charge is 2.19. The minimum atomic E-state index is 0.531. The molecule has 4 rings (SSSR count). The number of hydrogen-bond acceptors (Lipinski definition) is 4. The normalized spacial score (nSPS) is 10.6. The van der Waals surface area contributed by atoms with Crippen molar-refractivity contribution in [3.05, 3.63) is 59.3 Å². The van der Waals surface area contributed by atoms with Crippen LogP contribution in [0.4, 0.5) is 0 Å². The Morgan fingerprint density at radius 2 is 1.89 bits per heavy atom. The quantitative estimate of drug-likeness (QED) is 0.473. The van der Waals surface area contributed by atoms with Crippen LogP contribution in [0.25, 0.3) is 22.5 Å². The van der Waals surface area contributed by atoms with Crippen LogP contribution >= 0.6 is 11.6 Å². The van der Waals surface area contributed by atoms with E-state index in [9.17, 15) is 0 Å². The number of rotatable bonds is 3. The summed E-state index contributed by atoms with van der Waals surface area (Å²) < 4.78 is 9.07. The lowest BCUT2D eigenvalue weighted by atomic mass is 10.0. The molecule has 7 heteroatoms. The fraction of sp³-hybridized carbons (Fsp3) is 0.250. The maximum Gasteiger partial charge on any atom is 0.165 e. The fourth-order valence-corrected chi connectivity index (χ4v) is 3.24. The molecule has 0 N–H and O–H groups in total. The van der Waals surface area contributed by atoms with Crippen LogP contribution in [0, 0.1) is 13.8 Å². The van der Waals surface area contributed by atoms with Crippen LogP contribution in [-0.4, -0.2) is 31.5 Å². The first-order chi connectivity index (χ1) is 13.1. The van der Waals surface area contributed by atoms with Gasteiger partial charge >= 0.3 is 0 Å². The van der Waals surface area contributed by atoms with E-state index in [1.807, 2.05) is 58.2 Å². The highest BCUT2D eigenvalue weighted by Crippen LogP contribution is 2.36. The predicted octanol–water partition coefficient (Wildman–Crippen LogP) is 4.89. The molecular weight excluding hydrogens is 362 g/mol. The summed E-state index contributed by atoms with van der Waals surface area (Å²) in [6.07, 6.45) is 3.63. The van der Waals surface area contributed by atoms with Crippen molar-refractivity contribution in [2.75, 3.05) is 7.11 Å². The molecule has 0 aliphatic carbocycles. The van der Waals surface area contributed by atoms with Gasteiger partial charge in [0.05, 0.1) is 24.1 Å². The van der Waals surface area contributed by atoms with E-state index in [4.69, 9.17) is 16.3 Å². The molecular formula is C20H22ClN5O. The summed E-state index contributed by atoms with van der Waals surface area (Å²) in [7, 11) is 1.65. The third kappa shape index (κ3) is 3.40. The molecule has 0 amide bonds. The maximum atomic E-state index is 6.32. The summed E-state index contributed by atoms with van der Waals surface area (Å²) in [4.78, 5) is 4.62. The minimum Gasteiger partial charge on any atom is -0.496 e. The van der Waals surface area contributed by atoms with E-state index < -0.39 is 0 Å². The minimum absolute atomic E-state index is 0.531. The van der Waals surface area contributed by atoms with Crippen LogP contribution in [0.2, 0.25) is 5.15 Å². The average molecular weight is 384 g/mol. The molecule has 6 nitrogen and oxygen atoms in total. The summed E-state index contributed by atoms with van der Waals surface area (Å²) in [5.41, 5.74) is 5.14. The first-order valence-electron chi connectivity index (χ1n) is 8.79. The third-order valence-corrected chi connectivity index (χ3v) is 4.34.